The van der Waals surface area contributed by atoms with Crippen LogP contribution < -0.4 is 0 Å². The largest absolute Gasteiger partial charge is 0.381 e. The van der Waals surface area contributed by atoms with E-state index in [9.17, 15) is 0 Å². The lowest BCUT2D eigenvalue weighted by Gasteiger charge is -2.27. The van der Waals surface area contributed by atoms with E-state index >= 15 is 0 Å². The highest BCUT2D eigenvalue weighted by molar-refractivity contribution is 5.23. The fourth-order valence-corrected chi connectivity index (χ4v) is 3.27. The van der Waals surface area contributed by atoms with Crippen molar-refractivity contribution < 1.29 is 18.9 Å². The molecular formula is C24H41NO4. The highest BCUT2D eigenvalue weighted by Crippen LogP contribution is 2.22. The van der Waals surface area contributed by atoms with E-state index in [1.165, 1.54) is 0 Å². The zero-order valence-electron chi connectivity index (χ0n) is 19.4. The van der Waals surface area contributed by atoms with Gasteiger partial charge in [-0.1, -0.05) is 23.8 Å². The first-order chi connectivity index (χ1) is 13.8. The van der Waals surface area contributed by atoms with Gasteiger partial charge in [-0.25, -0.2) is 6.57 Å². The van der Waals surface area contributed by atoms with E-state index in [1.807, 2.05) is 13.0 Å². The summed E-state index contributed by atoms with van der Waals surface area (Å²) in [7, 11) is 6.92. The molecule has 0 spiro atoms. The molecule has 5 nitrogen and oxygen atoms in total. The van der Waals surface area contributed by atoms with Crippen molar-refractivity contribution in [3.63, 3.8) is 0 Å². The summed E-state index contributed by atoms with van der Waals surface area (Å²) < 4.78 is 22.7. The maximum absolute atomic E-state index is 7.06. The van der Waals surface area contributed by atoms with Crippen LogP contribution in [0.25, 0.3) is 4.85 Å². The normalized spacial score (nSPS) is 17.9. The molecule has 0 radical (unpaired) electrons. The molecule has 0 fully saturated rings. The van der Waals surface area contributed by atoms with Crippen molar-refractivity contribution in [2.75, 3.05) is 28.4 Å². The van der Waals surface area contributed by atoms with Crippen LogP contribution in [0.5, 0.6) is 0 Å². The van der Waals surface area contributed by atoms with E-state index in [1.54, 1.807) is 28.4 Å². The fourth-order valence-electron chi connectivity index (χ4n) is 3.27. The minimum absolute atomic E-state index is 0.0118. The highest BCUT2D eigenvalue weighted by atomic mass is 16.5. The fraction of sp³-hybridized carbons (Fsp3) is 0.708. The predicted octanol–water partition coefficient (Wildman–Crippen LogP) is 5.38. The summed E-state index contributed by atoms with van der Waals surface area (Å²) in [6.45, 7) is 16.9. The lowest BCUT2D eigenvalue weighted by atomic mass is 9.96. The van der Waals surface area contributed by atoms with Crippen LogP contribution in [-0.2, 0) is 18.9 Å². The van der Waals surface area contributed by atoms with Gasteiger partial charge in [0.1, 0.15) is 0 Å². The van der Waals surface area contributed by atoms with Gasteiger partial charge < -0.3 is 23.8 Å². The highest BCUT2D eigenvalue weighted by Gasteiger charge is 2.23. The van der Waals surface area contributed by atoms with Crippen molar-refractivity contribution in [3.05, 3.63) is 47.4 Å². The molecule has 0 aromatic heterocycles. The molecule has 5 heteroatoms. The van der Waals surface area contributed by atoms with Gasteiger partial charge in [0.05, 0.1) is 24.4 Å². The smallest absolute Gasteiger partial charge is 0.224 e. The molecule has 0 saturated heterocycles. The Morgan fingerprint density at radius 2 is 1.45 bits per heavy atom. The number of allylic oxidation sites excluding steroid dienone is 2. The van der Waals surface area contributed by atoms with Crippen LogP contribution in [0.4, 0.5) is 0 Å². The van der Waals surface area contributed by atoms with Gasteiger partial charge in [-0.3, -0.25) is 0 Å². The van der Waals surface area contributed by atoms with Crippen molar-refractivity contribution in [3.8, 4) is 0 Å². The average molecular weight is 408 g/mol. The van der Waals surface area contributed by atoms with Gasteiger partial charge in [-0.2, -0.15) is 0 Å². The van der Waals surface area contributed by atoms with E-state index in [0.29, 0.717) is 0 Å². The predicted molar refractivity (Wildman–Crippen MR) is 120 cm³/mol. The summed E-state index contributed by atoms with van der Waals surface area (Å²) in [5.41, 5.74) is 2.30. The van der Waals surface area contributed by atoms with Crippen LogP contribution in [0.3, 0.4) is 0 Å². The second-order valence-corrected chi connectivity index (χ2v) is 7.58. The summed E-state index contributed by atoms with van der Waals surface area (Å²) >= 11 is 0. The Morgan fingerprint density at radius 1 is 0.897 bits per heavy atom. The minimum Gasteiger partial charge on any atom is -0.381 e. The van der Waals surface area contributed by atoms with Crippen LogP contribution in [0.1, 0.15) is 52.9 Å². The lowest BCUT2D eigenvalue weighted by Crippen LogP contribution is -2.30. The molecule has 0 aliphatic heterocycles. The standard InChI is InChI=1S/C24H41NO4/c1-10-11-21(26-6)15-22(27-7)16-23(28-8)17-24(29-9)19(3)14-18(2)12-13-20(4)25-5/h10,12,14,20-24H,1,11,13,15-17H2,2-4,6-9H3/b18-12+,19-14+/t20?,21-,22-,23-,24-/m0/s1. The first-order valence-corrected chi connectivity index (χ1v) is 10.3. The van der Waals surface area contributed by atoms with E-state index in [0.717, 1.165) is 43.3 Å². The lowest BCUT2D eigenvalue weighted by molar-refractivity contribution is -0.0263. The molecule has 0 aliphatic carbocycles. The summed E-state index contributed by atoms with van der Waals surface area (Å²) in [4.78, 5) is 3.53. The molecule has 0 aliphatic rings. The van der Waals surface area contributed by atoms with Crippen LogP contribution in [0.15, 0.2) is 36.0 Å². The number of hydrogen-bond donors (Lipinski definition) is 0. The Balaban J connectivity index is 5.00. The van der Waals surface area contributed by atoms with E-state index in [2.05, 4.69) is 37.4 Å². The van der Waals surface area contributed by atoms with Crippen molar-refractivity contribution in [1.82, 2.24) is 0 Å². The SMILES string of the molecule is [C-]#[N+]C(C)C/C=C(C)/C=C(\C)[C@H](C[C@H](C[C@H](C[C@H](CC=C)OC)OC)OC)OC. The quantitative estimate of drug-likeness (QED) is 0.196. The Bertz CT molecular complexity index is 550. The molecule has 0 aromatic rings. The van der Waals surface area contributed by atoms with E-state index in [-0.39, 0.29) is 30.5 Å². The molecule has 0 rings (SSSR count). The molecule has 1 unspecified atom stereocenters. The molecule has 0 aromatic carbocycles. The van der Waals surface area contributed by atoms with E-state index < -0.39 is 0 Å². The van der Waals surface area contributed by atoms with Crippen molar-refractivity contribution in [2.24, 2.45) is 0 Å². The maximum atomic E-state index is 7.06. The monoisotopic (exact) mass is 407 g/mol. The maximum Gasteiger partial charge on any atom is 0.224 e. The minimum atomic E-state index is -0.0366. The third-order valence-corrected chi connectivity index (χ3v) is 5.21. The average Bonchev–Trinajstić information content (AvgIpc) is 2.73. The van der Waals surface area contributed by atoms with Crippen LogP contribution >= 0.6 is 0 Å². The van der Waals surface area contributed by atoms with Gasteiger partial charge in [0.25, 0.3) is 0 Å². The molecule has 0 amide bonds. The van der Waals surface area contributed by atoms with Crippen molar-refractivity contribution in [1.29, 1.82) is 0 Å². The van der Waals surface area contributed by atoms with Gasteiger partial charge in [0.15, 0.2) is 0 Å². The number of rotatable bonds is 16. The molecule has 0 heterocycles. The summed E-state index contributed by atoms with van der Waals surface area (Å²) in [6, 6.07) is 0.0118. The molecule has 166 valence electrons. The first kappa shape index (κ1) is 27.5. The van der Waals surface area contributed by atoms with Crippen LogP contribution in [0, 0.1) is 6.57 Å². The third kappa shape index (κ3) is 12.0. The first-order valence-electron chi connectivity index (χ1n) is 10.3. The van der Waals surface area contributed by atoms with Gasteiger partial charge >= 0.3 is 0 Å². The Hall–Kier alpha value is -1.45. The van der Waals surface area contributed by atoms with Crippen LogP contribution in [-0.4, -0.2) is 58.9 Å². The number of methoxy groups -OCH3 is 4. The Morgan fingerprint density at radius 3 is 1.93 bits per heavy atom. The number of ether oxygens (including phenoxy) is 4. The third-order valence-electron chi connectivity index (χ3n) is 5.21. The van der Waals surface area contributed by atoms with Gasteiger partial charge in [-0.05, 0) is 32.3 Å². The molecule has 0 bridgehead atoms. The zero-order valence-corrected chi connectivity index (χ0v) is 19.4. The van der Waals surface area contributed by atoms with Gasteiger partial charge in [0.2, 0.25) is 6.04 Å². The second kappa shape index (κ2) is 16.4. The van der Waals surface area contributed by atoms with Gasteiger partial charge in [0, 0.05) is 54.6 Å². The van der Waals surface area contributed by atoms with E-state index in [4.69, 9.17) is 25.5 Å². The molecule has 5 atom stereocenters. The summed E-state index contributed by atoms with van der Waals surface area (Å²) in [5, 5.41) is 0. The second-order valence-electron chi connectivity index (χ2n) is 7.58. The van der Waals surface area contributed by atoms with Gasteiger partial charge in [-0.15, -0.1) is 6.58 Å². The molecule has 0 saturated carbocycles. The Labute approximate surface area is 178 Å². The molecular weight excluding hydrogens is 366 g/mol. The van der Waals surface area contributed by atoms with Crippen LogP contribution in [0.2, 0.25) is 0 Å². The molecule has 29 heavy (non-hydrogen) atoms. The molecule has 0 N–H and O–H groups in total. The summed E-state index contributed by atoms with van der Waals surface area (Å²) in [6.07, 6.45) is 10.1. The topological polar surface area (TPSA) is 41.3 Å². The summed E-state index contributed by atoms with van der Waals surface area (Å²) in [5.74, 6) is 0. The Kier molecular flexibility index (Phi) is 15.5. The van der Waals surface area contributed by atoms with Crippen molar-refractivity contribution >= 4 is 0 Å². The number of hydrogen-bond acceptors (Lipinski definition) is 4. The number of nitrogens with zero attached hydrogens (tertiary/aromatic N) is 1. The van der Waals surface area contributed by atoms with Crippen molar-refractivity contribution in [2.45, 2.75) is 83.3 Å². The zero-order chi connectivity index (χ0) is 22.2.